The molecule has 3 nitrogen and oxygen atoms in total. The van der Waals surface area contributed by atoms with Crippen molar-refractivity contribution < 1.29 is 5.11 Å². The maximum atomic E-state index is 9.92. The quantitative estimate of drug-likeness (QED) is 0.727. The van der Waals surface area contributed by atoms with Crippen LogP contribution in [0.5, 0.6) is 5.75 Å². The van der Waals surface area contributed by atoms with Crippen molar-refractivity contribution in [1.29, 1.82) is 0 Å². The molecule has 0 fully saturated rings. The normalized spacial score (nSPS) is 10.6. The Balaban J connectivity index is 2.12. The number of nitrogens with one attached hydrogen (secondary N) is 1. The third kappa shape index (κ3) is 1.99. The van der Waals surface area contributed by atoms with E-state index < -0.39 is 0 Å². The molecule has 0 unspecified atom stereocenters. The molecule has 3 rings (SSSR count). The molecular formula is C16H14N2O. The molecule has 2 N–H and O–H groups in total. The number of aromatic nitrogens is 2. The first-order valence-corrected chi connectivity index (χ1v) is 6.16. The summed E-state index contributed by atoms with van der Waals surface area (Å²) in [5, 5.41) is 17.3. The van der Waals surface area contributed by atoms with Crippen LogP contribution in [0.25, 0.3) is 22.5 Å². The number of hydrogen-bond donors (Lipinski definition) is 2. The lowest BCUT2D eigenvalue weighted by molar-refractivity contribution is 0.477. The predicted octanol–water partition coefficient (Wildman–Crippen LogP) is 3.76. The summed E-state index contributed by atoms with van der Waals surface area (Å²) in [5.41, 5.74) is 4.65. The monoisotopic (exact) mass is 250 g/mol. The van der Waals surface area contributed by atoms with Crippen LogP contribution in [0.15, 0.2) is 54.6 Å². The minimum Gasteiger partial charge on any atom is -0.507 e. The molecule has 1 aromatic heterocycles. The lowest BCUT2D eigenvalue weighted by atomic mass is 10.0. The van der Waals surface area contributed by atoms with E-state index in [9.17, 15) is 5.11 Å². The van der Waals surface area contributed by atoms with Crippen molar-refractivity contribution in [1.82, 2.24) is 10.2 Å². The fourth-order valence-corrected chi connectivity index (χ4v) is 2.22. The topological polar surface area (TPSA) is 48.9 Å². The molecule has 0 saturated carbocycles. The second-order valence-electron chi connectivity index (χ2n) is 4.46. The van der Waals surface area contributed by atoms with Crippen molar-refractivity contribution in [3.63, 3.8) is 0 Å². The van der Waals surface area contributed by atoms with Crippen LogP contribution in [0.4, 0.5) is 0 Å². The zero-order valence-corrected chi connectivity index (χ0v) is 10.6. The molecule has 3 heteroatoms. The van der Waals surface area contributed by atoms with Gasteiger partial charge in [0.25, 0.3) is 0 Å². The second-order valence-corrected chi connectivity index (χ2v) is 4.46. The molecule has 0 aliphatic rings. The van der Waals surface area contributed by atoms with Gasteiger partial charge in [0.1, 0.15) is 5.75 Å². The highest BCUT2D eigenvalue weighted by molar-refractivity contribution is 5.76. The number of nitrogens with zero attached hydrogens (tertiary/aromatic N) is 1. The molecule has 0 aliphatic carbocycles. The fraction of sp³-hybridized carbons (Fsp3) is 0.0625. The summed E-state index contributed by atoms with van der Waals surface area (Å²) in [6, 6.07) is 17.3. The Morgan fingerprint density at radius 2 is 1.63 bits per heavy atom. The molecule has 0 saturated heterocycles. The second kappa shape index (κ2) is 4.61. The van der Waals surface area contributed by atoms with Crippen LogP contribution < -0.4 is 0 Å². The molecule has 0 amide bonds. The van der Waals surface area contributed by atoms with Gasteiger partial charge in [0.05, 0.1) is 11.4 Å². The number of benzene rings is 2. The van der Waals surface area contributed by atoms with E-state index in [0.29, 0.717) is 0 Å². The molecule has 2 aromatic carbocycles. The summed E-state index contributed by atoms with van der Waals surface area (Å²) < 4.78 is 0. The summed E-state index contributed by atoms with van der Waals surface area (Å²) in [6.07, 6.45) is 0. The highest BCUT2D eigenvalue weighted by Gasteiger charge is 2.14. The largest absolute Gasteiger partial charge is 0.507 e. The lowest BCUT2D eigenvalue weighted by Crippen LogP contribution is -1.82. The van der Waals surface area contributed by atoms with Crippen molar-refractivity contribution in [2.24, 2.45) is 0 Å². The van der Waals surface area contributed by atoms with Gasteiger partial charge in [-0.25, -0.2) is 0 Å². The summed E-state index contributed by atoms with van der Waals surface area (Å²) >= 11 is 0. The summed E-state index contributed by atoms with van der Waals surface area (Å²) in [5.74, 6) is 0.258. The number of aromatic hydroxyl groups is 1. The summed E-state index contributed by atoms with van der Waals surface area (Å²) in [4.78, 5) is 0. The molecule has 0 spiro atoms. The number of para-hydroxylation sites is 1. The van der Waals surface area contributed by atoms with E-state index in [-0.39, 0.29) is 5.75 Å². The SMILES string of the molecule is Cc1c(-c2ccccc2)n[nH]c1-c1ccccc1O. The highest BCUT2D eigenvalue weighted by Crippen LogP contribution is 2.33. The number of rotatable bonds is 2. The first kappa shape index (κ1) is 11.5. The lowest BCUT2D eigenvalue weighted by Gasteiger charge is -2.03. The van der Waals surface area contributed by atoms with Crippen LogP contribution in [0.3, 0.4) is 0 Å². The Kier molecular flexibility index (Phi) is 2.80. The Hall–Kier alpha value is -2.55. The average molecular weight is 250 g/mol. The molecule has 94 valence electrons. The molecule has 0 radical (unpaired) electrons. The van der Waals surface area contributed by atoms with Crippen LogP contribution in [0, 0.1) is 6.92 Å². The molecule has 19 heavy (non-hydrogen) atoms. The Morgan fingerprint density at radius 1 is 0.947 bits per heavy atom. The maximum Gasteiger partial charge on any atom is 0.124 e. The summed E-state index contributed by atoms with van der Waals surface area (Å²) in [6.45, 7) is 2.01. The van der Waals surface area contributed by atoms with Crippen molar-refractivity contribution in [2.75, 3.05) is 0 Å². The number of phenols is 1. The maximum absolute atomic E-state index is 9.92. The van der Waals surface area contributed by atoms with Crippen LogP contribution in [-0.4, -0.2) is 15.3 Å². The van der Waals surface area contributed by atoms with Crippen LogP contribution in [-0.2, 0) is 0 Å². The minimum atomic E-state index is 0.258. The highest BCUT2D eigenvalue weighted by atomic mass is 16.3. The number of phenolic OH excluding ortho intramolecular Hbond substituents is 1. The molecule has 0 aliphatic heterocycles. The number of aromatic amines is 1. The van der Waals surface area contributed by atoms with Gasteiger partial charge in [-0.05, 0) is 19.1 Å². The zero-order valence-electron chi connectivity index (χ0n) is 10.6. The first-order chi connectivity index (χ1) is 9.27. The van der Waals surface area contributed by atoms with Crippen molar-refractivity contribution in [3.05, 3.63) is 60.2 Å². The van der Waals surface area contributed by atoms with Gasteiger partial charge < -0.3 is 5.11 Å². The van der Waals surface area contributed by atoms with E-state index in [4.69, 9.17) is 0 Å². The molecule has 0 bridgehead atoms. The van der Waals surface area contributed by atoms with Crippen molar-refractivity contribution in [3.8, 4) is 28.3 Å². The van der Waals surface area contributed by atoms with Crippen molar-refractivity contribution in [2.45, 2.75) is 6.92 Å². The van der Waals surface area contributed by atoms with E-state index in [1.54, 1.807) is 6.07 Å². The molecule has 3 aromatic rings. The van der Waals surface area contributed by atoms with Gasteiger partial charge in [-0.3, -0.25) is 5.10 Å². The van der Waals surface area contributed by atoms with E-state index >= 15 is 0 Å². The standard InChI is InChI=1S/C16H14N2O/c1-11-15(12-7-3-2-4-8-12)17-18-16(11)13-9-5-6-10-14(13)19/h2-10,19H,1H3,(H,17,18). The predicted molar refractivity (Wildman–Crippen MR) is 75.9 cm³/mol. The van der Waals surface area contributed by atoms with Gasteiger partial charge >= 0.3 is 0 Å². The van der Waals surface area contributed by atoms with E-state index in [1.165, 1.54) is 0 Å². The number of hydrogen-bond acceptors (Lipinski definition) is 2. The van der Waals surface area contributed by atoms with E-state index in [2.05, 4.69) is 10.2 Å². The smallest absolute Gasteiger partial charge is 0.124 e. The van der Waals surface area contributed by atoms with Crippen LogP contribution in [0.1, 0.15) is 5.56 Å². The Bertz CT molecular complexity index is 702. The van der Waals surface area contributed by atoms with Gasteiger partial charge in [-0.2, -0.15) is 5.10 Å². The average Bonchev–Trinajstić information content (AvgIpc) is 2.82. The molecule has 1 heterocycles. The van der Waals surface area contributed by atoms with E-state index in [1.807, 2.05) is 55.5 Å². The van der Waals surface area contributed by atoms with Gasteiger partial charge in [-0.15, -0.1) is 0 Å². The van der Waals surface area contributed by atoms with Crippen LogP contribution in [0.2, 0.25) is 0 Å². The Morgan fingerprint density at radius 3 is 2.37 bits per heavy atom. The third-order valence-corrected chi connectivity index (χ3v) is 3.23. The fourth-order valence-electron chi connectivity index (χ4n) is 2.22. The molecule has 0 atom stereocenters. The number of H-pyrrole nitrogens is 1. The molecular weight excluding hydrogens is 236 g/mol. The third-order valence-electron chi connectivity index (χ3n) is 3.23. The van der Waals surface area contributed by atoms with Gasteiger partial charge in [0, 0.05) is 16.7 Å². The van der Waals surface area contributed by atoms with Gasteiger partial charge in [0.2, 0.25) is 0 Å². The Labute approximate surface area is 111 Å². The van der Waals surface area contributed by atoms with Gasteiger partial charge in [-0.1, -0.05) is 42.5 Å². The van der Waals surface area contributed by atoms with Crippen LogP contribution >= 0.6 is 0 Å². The van der Waals surface area contributed by atoms with Gasteiger partial charge in [0.15, 0.2) is 0 Å². The van der Waals surface area contributed by atoms with Crippen molar-refractivity contribution >= 4 is 0 Å². The first-order valence-electron chi connectivity index (χ1n) is 6.16. The zero-order chi connectivity index (χ0) is 13.2. The summed E-state index contributed by atoms with van der Waals surface area (Å²) in [7, 11) is 0. The minimum absolute atomic E-state index is 0.258. The van der Waals surface area contributed by atoms with E-state index in [0.717, 1.165) is 28.1 Å².